The Morgan fingerprint density at radius 3 is 2.60 bits per heavy atom. The summed E-state index contributed by atoms with van der Waals surface area (Å²) < 4.78 is 14.4. The van der Waals surface area contributed by atoms with Gasteiger partial charge < -0.3 is 5.32 Å². The second-order valence-electron chi connectivity index (χ2n) is 5.31. The third-order valence-electron chi connectivity index (χ3n) is 3.91. The molecule has 1 saturated heterocycles. The SMILES string of the molecule is Fc1cccc(C2(Cc3ccc(Br)cc3Cl)CNC2)c1. The van der Waals surface area contributed by atoms with E-state index in [-0.39, 0.29) is 11.2 Å². The lowest BCUT2D eigenvalue weighted by molar-refractivity contribution is 0.274. The van der Waals surface area contributed by atoms with Gasteiger partial charge in [-0.25, -0.2) is 4.39 Å². The van der Waals surface area contributed by atoms with Gasteiger partial charge in [0.1, 0.15) is 5.82 Å². The van der Waals surface area contributed by atoms with Gasteiger partial charge >= 0.3 is 0 Å². The molecular weight excluding hydrogens is 341 g/mol. The van der Waals surface area contributed by atoms with E-state index < -0.39 is 0 Å². The van der Waals surface area contributed by atoms with Crippen LogP contribution in [0.25, 0.3) is 0 Å². The molecule has 0 amide bonds. The topological polar surface area (TPSA) is 12.0 Å². The number of hydrogen-bond donors (Lipinski definition) is 1. The standard InChI is InChI=1S/C16H14BrClFN/c17-13-5-4-11(15(18)7-13)8-16(9-20-10-16)12-2-1-3-14(19)6-12/h1-7,20H,8-10H2. The second kappa shape index (κ2) is 5.47. The van der Waals surface area contributed by atoms with Crippen LogP contribution in [0.4, 0.5) is 4.39 Å². The van der Waals surface area contributed by atoms with E-state index in [4.69, 9.17) is 11.6 Å². The van der Waals surface area contributed by atoms with Crippen LogP contribution in [-0.4, -0.2) is 13.1 Å². The first-order valence-corrected chi connectivity index (χ1v) is 7.67. The Bertz CT molecular complexity index is 640. The van der Waals surface area contributed by atoms with Crippen molar-refractivity contribution < 1.29 is 4.39 Å². The fourth-order valence-electron chi connectivity index (χ4n) is 2.71. The molecule has 2 aromatic carbocycles. The molecule has 0 radical (unpaired) electrons. The lowest BCUT2D eigenvalue weighted by Gasteiger charge is -2.43. The molecule has 0 aliphatic carbocycles. The Morgan fingerprint density at radius 2 is 2.00 bits per heavy atom. The molecule has 104 valence electrons. The van der Waals surface area contributed by atoms with Crippen LogP contribution < -0.4 is 5.32 Å². The Hall–Kier alpha value is -0.900. The Balaban J connectivity index is 1.94. The van der Waals surface area contributed by atoms with E-state index in [1.54, 1.807) is 12.1 Å². The summed E-state index contributed by atoms with van der Waals surface area (Å²) in [5, 5.41) is 4.05. The maximum Gasteiger partial charge on any atom is 0.123 e. The zero-order valence-electron chi connectivity index (χ0n) is 10.8. The van der Waals surface area contributed by atoms with E-state index >= 15 is 0 Å². The highest BCUT2D eigenvalue weighted by atomic mass is 79.9. The van der Waals surface area contributed by atoms with Crippen molar-refractivity contribution in [3.63, 3.8) is 0 Å². The minimum Gasteiger partial charge on any atom is -0.315 e. The maximum absolute atomic E-state index is 13.5. The largest absolute Gasteiger partial charge is 0.315 e. The van der Waals surface area contributed by atoms with Gasteiger partial charge in [0.15, 0.2) is 0 Å². The van der Waals surface area contributed by atoms with Crippen molar-refractivity contribution in [3.05, 3.63) is 68.9 Å². The number of hydrogen-bond acceptors (Lipinski definition) is 1. The molecule has 1 heterocycles. The highest BCUT2D eigenvalue weighted by Crippen LogP contribution is 2.35. The summed E-state index contributed by atoms with van der Waals surface area (Å²) in [6, 6.07) is 12.8. The maximum atomic E-state index is 13.5. The van der Waals surface area contributed by atoms with Crippen molar-refractivity contribution >= 4 is 27.5 Å². The minimum absolute atomic E-state index is 0.0560. The molecule has 1 fully saturated rings. The van der Waals surface area contributed by atoms with Gasteiger partial charge in [-0.15, -0.1) is 0 Å². The molecular formula is C16H14BrClFN. The number of nitrogens with one attached hydrogen (secondary N) is 1. The predicted octanol–water partition coefficient (Wildman–Crippen LogP) is 4.33. The first-order chi connectivity index (χ1) is 9.59. The summed E-state index contributed by atoms with van der Waals surface area (Å²) >= 11 is 9.73. The predicted molar refractivity (Wildman–Crippen MR) is 83.8 cm³/mol. The zero-order valence-corrected chi connectivity index (χ0v) is 13.1. The first kappa shape index (κ1) is 14.1. The summed E-state index contributed by atoms with van der Waals surface area (Å²) in [6.07, 6.45) is 0.815. The Kier molecular flexibility index (Phi) is 3.85. The van der Waals surface area contributed by atoms with Gasteiger partial charge in [0.05, 0.1) is 0 Å². The molecule has 0 aromatic heterocycles. The monoisotopic (exact) mass is 353 g/mol. The van der Waals surface area contributed by atoms with Gasteiger partial charge in [-0.3, -0.25) is 0 Å². The molecule has 0 atom stereocenters. The van der Waals surface area contributed by atoms with Crippen LogP contribution in [0.3, 0.4) is 0 Å². The lowest BCUT2D eigenvalue weighted by Crippen LogP contribution is -2.58. The molecule has 0 saturated carbocycles. The molecule has 0 spiro atoms. The van der Waals surface area contributed by atoms with Crippen molar-refractivity contribution in [1.82, 2.24) is 5.32 Å². The molecule has 4 heteroatoms. The number of halogens is 3. The molecule has 2 aromatic rings. The van der Waals surface area contributed by atoms with Crippen molar-refractivity contribution in [1.29, 1.82) is 0 Å². The summed E-state index contributed by atoms with van der Waals surface area (Å²) in [5.41, 5.74) is 2.08. The Labute approximate surface area is 131 Å². The normalized spacial score (nSPS) is 16.8. The molecule has 1 aliphatic rings. The molecule has 1 nitrogen and oxygen atoms in total. The second-order valence-corrected chi connectivity index (χ2v) is 6.63. The van der Waals surface area contributed by atoms with Gasteiger partial charge in [0.2, 0.25) is 0 Å². The molecule has 0 unspecified atom stereocenters. The van der Waals surface area contributed by atoms with Crippen molar-refractivity contribution in [2.45, 2.75) is 11.8 Å². The van der Waals surface area contributed by atoms with Gasteiger partial charge in [0, 0.05) is 28.0 Å². The summed E-state index contributed by atoms with van der Waals surface area (Å²) in [7, 11) is 0. The van der Waals surface area contributed by atoms with Gasteiger partial charge in [-0.2, -0.15) is 0 Å². The van der Waals surface area contributed by atoms with Gasteiger partial charge in [0.25, 0.3) is 0 Å². The first-order valence-electron chi connectivity index (χ1n) is 6.50. The van der Waals surface area contributed by atoms with Crippen LogP contribution in [0.1, 0.15) is 11.1 Å². The summed E-state index contributed by atoms with van der Waals surface area (Å²) in [5.74, 6) is -0.185. The van der Waals surface area contributed by atoms with Crippen LogP contribution >= 0.6 is 27.5 Å². The van der Waals surface area contributed by atoms with Crippen LogP contribution in [0.15, 0.2) is 46.9 Å². The van der Waals surface area contributed by atoms with E-state index in [9.17, 15) is 4.39 Å². The van der Waals surface area contributed by atoms with Crippen molar-refractivity contribution in [2.75, 3.05) is 13.1 Å². The smallest absolute Gasteiger partial charge is 0.123 e. The highest BCUT2D eigenvalue weighted by Gasteiger charge is 2.39. The molecule has 3 rings (SSSR count). The van der Waals surface area contributed by atoms with E-state index in [1.807, 2.05) is 24.3 Å². The Morgan fingerprint density at radius 1 is 1.20 bits per heavy atom. The fourth-order valence-corrected chi connectivity index (χ4v) is 3.45. The van der Waals surface area contributed by atoms with E-state index in [1.165, 1.54) is 6.07 Å². The van der Waals surface area contributed by atoms with Crippen LogP contribution in [-0.2, 0) is 11.8 Å². The third-order valence-corrected chi connectivity index (χ3v) is 4.75. The quantitative estimate of drug-likeness (QED) is 0.865. The zero-order chi connectivity index (χ0) is 14.2. The van der Waals surface area contributed by atoms with Gasteiger partial charge in [-0.05, 0) is 41.8 Å². The molecule has 0 bridgehead atoms. The fraction of sp³-hybridized carbons (Fsp3) is 0.250. The summed E-state index contributed by atoms with van der Waals surface area (Å²) in [4.78, 5) is 0. The van der Waals surface area contributed by atoms with Crippen LogP contribution in [0.5, 0.6) is 0 Å². The third kappa shape index (κ3) is 2.62. The van der Waals surface area contributed by atoms with E-state index in [2.05, 4.69) is 21.2 Å². The lowest BCUT2D eigenvalue weighted by atomic mass is 9.71. The van der Waals surface area contributed by atoms with E-state index in [0.717, 1.165) is 40.1 Å². The minimum atomic E-state index is -0.185. The van der Waals surface area contributed by atoms with E-state index in [0.29, 0.717) is 0 Å². The average molecular weight is 355 g/mol. The highest BCUT2D eigenvalue weighted by molar-refractivity contribution is 9.10. The number of benzene rings is 2. The van der Waals surface area contributed by atoms with Crippen LogP contribution in [0, 0.1) is 5.82 Å². The molecule has 1 aliphatic heterocycles. The average Bonchev–Trinajstić information content (AvgIpc) is 2.36. The number of rotatable bonds is 3. The summed E-state index contributed by atoms with van der Waals surface area (Å²) in [6.45, 7) is 1.70. The van der Waals surface area contributed by atoms with Gasteiger partial charge in [-0.1, -0.05) is 45.7 Å². The molecule has 20 heavy (non-hydrogen) atoms. The van der Waals surface area contributed by atoms with Crippen LogP contribution in [0.2, 0.25) is 5.02 Å². The molecule has 1 N–H and O–H groups in total. The van der Waals surface area contributed by atoms with Crippen molar-refractivity contribution in [3.8, 4) is 0 Å². The van der Waals surface area contributed by atoms with Crippen molar-refractivity contribution in [2.24, 2.45) is 0 Å².